The summed E-state index contributed by atoms with van der Waals surface area (Å²) in [4.78, 5) is 41.6. The van der Waals surface area contributed by atoms with Gasteiger partial charge >= 0.3 is 5.97 Å². The number of hydrogen-bond acceptors (Lipinski definition) is 7. The number of rotatable bonds is 10. The number of nitriles is 1. The van der Waals surface area contributed by atoms with Gasteiger partial charge in [0.15, 0.2) is 0 Å². The first-order valence-electron chi connectivity index (χ1n) is 12.7. The van der Waals surface area contributed by atoms with Crippen LogP contribution in [0, 0.1) is 18.3 Å². The minimum absolute atomic E-state index is 0.113. The van der Waals surface area contributed by atoms with Crippen LogP contribution < -0.4 is 10.5 Å². The maximum Gasteiger partial charge on any atom is 0.303 e. The van der Waals surface area contributed by atoms with Crippen molar-refractivity contribution in [3.05, 3.63) is 31.9 Å². The van der Waals surface area contributed by atoms with Gasteiger partial charge in [-0.1, -0.05) is 50.2 Å². The minimum atomic E-state index is -0.819. The second-order valence-electron chi connectivity index (χ2n) is 9.24. The molecule has 2 aliphatic rings. The monoisotopic (exact) mass is 530 g/mol. The zero-order chi connectivity index (χ0) is 26.2. The van der Waals surface area contributed by atoms with Crippen molar-refractivity contribution in [1.82, 2.24) is 9.47 Å². The molecule has 0 radical (unpaired) electrons. The Balaban J connectivity index is 2.00. The van der Waals surface area contributed by atoms with Gasteiger partial charge in [0.25, 0.3) is 11.5 Å². The van der Waals surface area contributed by atoms with Crippen LogP contribution in [-0.2, 0) is 16.1 Å². The van der Waals surface area contributed by atoms with Gasteiger partial charge in [0.1, 0.15) is 21.8 Å². The molecule has 3 rings (SSSR count). The highest BCUT2D eigenvalue weighted by Crippen LogP contribution is 2.36. The topological polar surface area (TPSA) is 107 Å². The summed E-state index contributed by atoms with van der Waals surface area (Å²) in [5.74, 6) is -0.212. The van der Waals surface area contributed by atoms with Gasteiger partial charge in [0, 0.05) is 38.2 Å². The fourth-order valence-electron chi connectivity index (χ4n) is 4.75. The third-order valence-electron chi connectivity index (χ3n) is 6.62. The highest BCUT2D eigenvalue weighted by atomic mass is 32.2. The van der Waals surface area contributed by atoms with Crippen LogP contribution in [0.15, 0.2) is 9.70 Å². The average molecular weight is 531 g/mol. The van der Waals surface area contributed by atoms with Crippen LogP contribution >= 0.6 is 24.0 Å². The summed E-state index contributed by atoms with van der Waals surface area (Å²) in [5.41, 5.74) is 1.17. The molecular weight excluding hydrogens is 496 g/mol. The molecule has 2 fully saturated rings. The molecule has 0 bridgehead atoms. The molecule has 36 heavy (non-hydrogen) atoms. The summed E-state index contributed by atoms with van der Waals surface area (Å²) >= 11 is 6.73. The second kappa shape index (κ2) is 13.1. The van der Waals surface area contributed by atoms with Crippen LogP contribution in [0.4, 0.5) is 5.82 Å². The Labute approximate surface area is 221 Å². The first-order valence-corrected chi connectivity index (χ1v) is 13.9. The molecule has 0 spiro atoms. The van der Waals surface area contributed by atoms with Crippen molar-refractivity contribution < 1.29 is 14.7 Å². The molecule has 3 heterocycles. The lowest BCUT2D eigenvalue weighted by Crippen LogP contribution is -2.35. The Morgan fingerprint density at radius 1 is 1.14 bits per heavy atom. The molecule has 8 nitrogen and oxygen atoms in total. The zero-order valence-electron chi connectivity index (χ0n) is 21.0. The number of thioether (sulfide) groups is 1. The van der Waals surface area contributed by atoms with E-state index in [1.54, 1.807) is 16.4 Å². The first-order chi connectivity index (χ1) is 17.3. The molecule has 0 aliphatic carbocycles. The number of amides is 1. The fourth-order valence-corrected chi connectivity index (χ4v) is 6.04. The molecule has 0 saturated carbocycles. The number of nitrogens with zero attached hydrogens (tertiary/aromatic N) is 4. The van der Waals surface area contributed by atoms with E-state index < -0.39 is 5.97 Å². The predicted octanol–water partition coefficient (Wildman–Crippen LogP) is 4.67. The van der Waals surface area contributed by atoms with E-state index >= 15 is 0 Å². The smallest absolute Gasteiger partial charge is 0.303 e. The lowest BCUT2D eigenvalue weighted by Gasteiger charge is -2.29. The molecular formula is C26H34N4O4S2. The molecule has 0 aromatic carbocycles. The van der Waals surface area contributed by atoms with Gasteiger partial charge in [-0.25, -0.2) is 0 Å². The van der Waals surface area contributed by atoms with E-state index in [1.807, 2.05) is 13.0 Å². The molecule has 1 aromatic heterocycles. The first kappa shape index (κ1) is 27.9. The lowest BCUT2D eigenvalue weighted by atomic mass is 10.0. The Kier molecular flexibility index (Phi) is 10.1. The van der Waals surface area contributed by atoms with Crippen LogP contribution in [0.3, 0.4) is 0 Å². The summed E-state index contributed by atoms with van der Waals surface area (Å²) in [6.45, 7) is 6.38. The molecule has 2 aliphatic heterocycles. The zero-order valence-corrected chi connectivity index (χ0v) is 22.7. The fraction of sp³-hybridized carbons (Fsp3) is 0.577. The van der Waals surface area contributed by atoms with E-state index in [2.05, 4.69) is 11.0 Å². The van der Waals surface area contributed by atoms with E-state index in [-0.39, 0.29) is 23.5 Å². The number of unbranched alkanes of at least 4 members (excludes halogenated alkanes) is 2. The van der Waals surface area contributed by atoms with Crippen molar-refractivity contribution in [1.29, 1.82) is 5.26 Å². The van der Waals surface area contributed by atoms with Crippen LogP contribution in [0.2, 0.25) is 0 Å². The average Bonchev–Trinajstić information content (AvgIpc) is 3.01. The van der Waals surface area contributed by atoms with Crippen molar-refractivity contribution in [3.8, 4) is 6.07 Å². The molecule has 1 amide bonds. The van der Waals surface area contributed by atoms with Crippen molar-refractivity contribution in [2.75, 3.05) is 24.5 Å². The maximum atomic E-state index is 13.3. The number of aliphatic carboxylic acids is 1. The number of hydrogen-bond donors (Lipinski definition) is 1. The number of pyridine rings is 1. The normalized spacial score (nSPS) is 17.5. The van der Waals surface area contributed by atoms with Crippen LogP contribution in [0.5, 0.6) is 0 Å². The Morgan fingerprint density at radius 2 is 1.83 bits per heavy atom. The third kappa shape index (κ3) is 6.37. The summed E-state index contributed by atoms with van der Waals surface area (Å²) in [6, 6.07) is 2.10. The Morgan fingerprint density at radius 3 is 2.44 bits per heavy atom. The highest BCUT2D eigenvalue weighted by Gasteiger charge is 2.33. The quantitative estimate of drug-likeness (QED) is 0.264. The van der Waals surface area contributed by atoms with Gasteiger partial charge in [0.05, 0.1) is 4.91 Å². The predicted molar refractivity (Wildman–Crippen MR) is 147 cm³/mol. The molecule has 0 unspecified atom stereocenters. The Bertz CT molecular complexity index is 1140. The van der Waals surface area contributed by atoms with Crippen molar-refractivity contribution in [3.63, 3.8) is 0 Å². The van der Waals surface area contributed by atoms with E-state index in [0.717, 1.165) is 56.6 Å². The van der Waals surface area contributed by atoms with E-state index in [1.165, 1.54) is 11.8 Å². The number of carbonyl (C=O) groups excluding carboxylic acids is 1. The Hall–Kier alpha value is -2.64. The summed E-state index contributed by atoms with van der Waals surface area (Å²) in [5, 5.41) is 18.6. The number of carbonyl (C=O) groups is 2. The summed E-state index contributed by atoms with van der Waals surface area (Å²) in [6.07, 6.45) is 8.96. The largest absolute Gasteiger partial charge is 0.481 e. The number of carboxylic acids is 1. The number of aromatic nitrogens is 1. The van der Waals surface area contributed by atoms with Gasteiger partial charge in [-0.3, -0.25) is 23.9 Å². The summed E-state index contributed by atoms with van der Waals surface area (Å²) < 4.78 is 2.19. The number of thiocarbonyl (C=S) groups is 1. The minimum Gasteiger partial charge on any atom is -0.481 e. The third-order valence-corrected chi connectivity index (χ3v) is 8.00. The van der Waals surface area contributed by atoms with E-state index in [0.29, 0.717) is 47.1 Å². The van der Waals surface area contributed by atoms with Crippen LogP contribution in [-0.4, -0.2) is 50.4 Å². The number of anilines is 1. The molecule has 1 aromatic rings. The number of carboxylic acid groups (broad SMARTS) is 1. The van der Waals surface area contributed by atoms with E-state index in [9.17, 15) is 19.6 Å². The van der Waals surface area contributed by atoms with Gasteiger partial charge in [-0.05, 0) is 50.7 Å². The van der Waals surface area contributed by atoms with Crippen LogP contribution in [0.1, 0.15) is 81.4 Å². The molecule has 2 saturated heterocycles. The molecule has 0 atom stereocenters. The lowest BCUT2D eigenvalue weighted by molar-refractivity contribution is -0.137. The van der Waals surface area contributed by atoms with E-state index in [4.69, 9.17) is 17.3 Å². The molecule has 10 heteroatoms. The van der Waals surface area contributed by atoms with Gasteiger partial charge in [0.2, 0.25) is 0 Å². The van der Waals surface area contributed by atoms with Gasteiger partial charge < -0.3 is 10.0 Å². The van der Waals surface area contributed by atoms with Crippen molar-refractivity contribution in [2.24, 2.45) is 0 Å². The van der Waals surface area contributed by atoms with Crippen molar-refractivity contribution >= 4 is 52.1 Å². The molecule has 194 valence electrons. The van der Waals surface area contributed by atoms with Crippen molar-refractivity contribution in [2.45, 2.75) is 78.2 Å². The van der Waals surface area contributed by atoms with Gasteiger partial charge in [-0.15, -0.1) is 0 Å². The second-order valence-corrected chi connectivity index (χ2v) is 10.9. The van der Waals surface area contributed by atoms with Gasteiger partial charge in [-0.2, -0.15) is 5.26 Å². The standard InChI is InChI=1S/C26H34N4O4S2/c1-3-12-29-23(28-13-8-4-5-9-14-28)19(18(2)20(17-27)24(29)33)16-21-25(34)30(26(35)36-21)15-10-6-7-11-22(31)32/h16H,3-15H2,1-2H3,(H,31,32)/b21-16+. The van der Waals surface area contributed by atoms with Crippen LogP contribution in [0.25, 0.3) is 6.08 Å². The highest BCUT2D eigenvalue weighted by molar-refractivity contribution is 8.26. The maximum absolute atomic E-state index is 13.3. The SMILES string of the molecule is CCCn1c(N2CCCCCC2)c(/C=C2/SC(=S)N(CCCCCC(=O)O)C2=O)c(C)c(C#N)c1=O. The summed E-state index contributed by atoms with van der Waals surface area (Å²) in [7, 11) is 0. The molecule has 1 N–H and O–H groups in total.